The zero-order valence-corrected chi connectivity index (χ0v) is 15.3. The van der Waals surface area contributed by atoms with Crippen molar-refractivity contribution in [2.24, 2.45) is 0 Å². The first-order valence-electron chi connectivity index (χ1n) is 8.34. The summed E-state index contributed by atoms with van der Waals surface area (Å²) in [5.41, 5.74) is -0.816. The maximum Gasteiger partial charge on any atom is 0.435 e. The second kappa shape index (κ2) is 6.21. The first kappa shape index (κ1) is 18.1. The molecule has 3 rings (SSSR count). The maximum atomic E-state index is 12.3. The molecule has 8 heteroatoms. The van der Waals surface area contributed by atoms with E-state index in [4.69, 9.17) is 4.74 Å². The Morgan fingerprint density at radius 1 is 1.31 bits per heavy atom. The minimum atomic E-state index is -1.56. The van der Waals surface area contributed by atoms with Crippen LogP contribution in [0, 0.1) is 0 Å². The van der Waals surface area contributed by atoms with Crippen LogP contribution < -0.4 is 0 Å². The number of carbonyl (C=O) groups is 2. The first-order chi connectivity index (χ1) is 12.1. The molecule has 26 heavy (non-hydrogen) atoms. The van der Waals surface area contributed by atoms with Gasteiger partial charge in [0.1, 0.15) is 11.3 Å². The third-order valence-corrected chi connectivity index (χ3v) is 4.18. The highest BCUT2D eigenvalue weighted by Gasteiger charge is 2.45. The van der Waals surface area contributed by atoms with Gasteiger partial charge in [-0.3, -0.25) is 9.78 Å². The molecule has 1 aliphatic rings. The van der Waals surface area contributed by atoms with Crippen molar-refractivity contribution in [2.45, 2.75) is 38.4 Å². The van der Waals surface area contributed by atoms with Gasteiger partial charge >= 0.3 is 6.09 Å². The van der Waals surface area contributed by atoms with Crippen LogP contribution in [0.25, 0.3) is 11.4 Å². The Kier molecular flexibility index (Phi) is 4.31. The van der Waals surface area contributed by atoms with Crippen molar-refractivity contribution in [3.63, 3.8) is 0 Å². The Labute approximate surface area is 151 Å². The van der Waals surface area contributed by atoms with Gasteiger partial charge in [-0.2, -0.15) is 9.78 Å². The second-order valence-corrected chi connectivity index (χ2v) is 7.39. The third-order valence-electron chi connectivity index (χ3n) is 4.18. The molecule has 1 fully saturated rings. The normalized spacial score (nSPS) is 20.5. The molecule has 2 aromatic rings. The number of rotatable bonds is 2. The quantitative estimate of drug-likeness (QED) is 0.879. The zero-order valence-electron chi connectivity index (χ0n) is 15.3. The predicted octanol–water partition coefficient (Wildman–Crippen LogP) is 1.78. The van der Waals surface area contributed by atoms with E-state index in [0.29, 0.717) is 29.9 Å². The Balaban J connectivity index is 1.88. The molecule has 138 valence electrons. The highest BCUT2D eigenvalue weighted by Crippen LogP contribution is 2.33. The first-order valence-corrected chi connectivity index (χ1v) is 8.34. The van der Waals surface area contributed by atoms with Gasteiger partial charge in [0.15, 0.2) is 5.60 Å². The molecule has 8 nitrogen and oxygen atoms in total. The number of likely N-dealkylation sites (N-methyl/N-ethyl adjacent to an activating group) is 1. The summed E-state index contributed by atoms with van der Waals surface area (Å²) in [6.45, 7) is 5.81. The molecule has 1 aliphatic heterocycles. The van der Waals surface area contributed by atoms with Crippen molar-refractivity contribution in [1.29, 1.82) is 0 Å². The Morgan fingerprint density at radius 2 is 2.04 bits per heavy atom. The van der Waals surface area contributed by atoms with Gasteiger partial charge in [0, 0.05) is 32.4 Å². The van der Waals surface area contributed by atoms with E-state index in [2.05, 4.69) is 10.1 Å². The summed E-state index contributed by atoms with van der Waals surface area (Å²) in [6.07, 6.45) is 2.73. The van der Waals surface area contributed by atoms with E-state index in [1.807, 2.05) is 0 Å². The summed E-state index contributed by atoms with van der Waals surface area (Å²) in [5, 5.41) is 15.0. The number of likely N-dealkylation sites (tertiary alicyclic amines) is 1. The molecule has 0 aromatic carbocycles. The van der Waals surface area contributed by atoms with E-state index in [1.54, 1.807) is 46.0 Å². The van der Waals surface area contributed by atoms with E-state index < -0.39 is 17.3 Å². The lowest BCUT2D eigenvalue weighted by Gasteiger charge is -2.21. The number of carbonyl (C=O) groups excluding carboxylic acids is 2. The van der Waals surface area contributed by atoms with E-state index in [1.165, 1.54) is 17.3 Å². The van der Waals surface area contributed by atoms with Crippen molar-refractivity contribution >= 4 is 12.0 Å². The summed E-state index contributed by atoms with van der Waals surface area (Å²) in [6, 6.07) is 4.87. The average Bonchev–Trinajstić information content (AvgIpc) is 3.16. The zero-order chi connectivity index (χ0) is 19.1. The highest BCUT2D eigenvalue weighted by atomic mass is 16.6. The van der Waals surface area contributed by atoms with E-state index >= 15 is 0 Å². The average molecular weight is 358 g/mol. The maximum absolute atomic E-state index is 12.3. The Morgan fingerprint density at radius 3 is 2.65 bits per heavy atom. The summed E-state index contributed by atoms with van der Waals surface area (Å²) < 4.78 is 6.37. The summed E-state index contributed by atoms with van der Waals surface area (Å²) in [5.74, 6) is -0.339. The van der Waals surface area contributed by atoms with Crippen molar-refractivity contribution in [1.82, 2.24) is 19.7 Å². The predicted molar refractivity (Wildman–Crippen MR) is 93.2 cm³/mol. The van der Waals surface area contributed by atoms with Gasteiger partial charge in [-0.05, 0) is 44.5 Å². The Bertz CT molecular complexity index is 855. The van der Waals surface area contributed by atoms with E-state index in [-0.39, 0.29) is 5.91 Å². The fourth-order valence-corrected chi connectivity index (χ4v) is 2.82. The van der Waals surface area contributed by atoms with Gasteiger partial charge in [0.2, 0.25) is 0 Å². The number of aromatic nitrogens is 3. The molecule has 0 aliphatic carbocycles. The summed E-state index contributed by atoms with van der Waals surface area (Å²) >= 11 is 0. The topological polar surface area (TPSA) is 97.6 Å². The number of hydrogen-bond acceptors (Lipinski definition) is 6. The van der Waals surface area contributed by atoms with Crippen LogP contribution in [0.4, 0.5) is 4.79 Å². The molecular weight excluding hydrogens is 336 g/mol. The van der Waals surface area contributed by atoms with Crippen LogP contribution in [-0.2, 0) is 15.1 Å². The number of nitrogens with zero attached hydrogens (tertiary/aromatic N) is 4. The molecule has 1 unspecified atom stereocenters. The molecule has 1 saturated heterocycles. The highest BCUT2D eigenvalue weighted by molar-refractivity contribution is 5.88. The molecule has 2 aromatic heterocycles. The van der Waals surface area contributed by atoms with Crippen molar-refractivity contribution in [3.05, 3.63) is 36.2 Å². The summed E-state index contributed by atoms with van der Waals surface area (Å²) in [7, 11) is 1.66. The van der Waals surface area contributed by atoms with Crippen LogP contribution in [0.3, 0.4) is 0 Å². The van der Waals surface area contributed by atoms with Crippen LogP contribution in [0.2, 0.25) is 0 Å². The van der Waals surface area contributed by atoms with Gasteiger partial charge in [-0.25, -0.2) is 4.79 Å². The number of ether oxygens (including phenoxy) is 1. The van der Waals surface area contributed by atoms with Gasteiger partial charge in [-0.1, -0.05) is 0 Å². The number of aliphatic hydroxyl groups is 1. The molecule has 0 saturated carbocycles. The van der Waals surface area contributed by atoms with Crippen LogP contribution in [-0.4, -0.2) is 56.0 Å². The molecule has 1 N–H and O–H groups in total. The number of hydrogen-bond donors (Lipinski definition) is 1. The van der Waals surface area contributed by atoms with Crippen LogP contribution in [0.1, 0.15) is 32.8 Å². The summed E-state index contributed by atoms with van der Waals surface area (Å²) in [4.78, 5) is 30.1. The number of amides is 1. The van der Waals surface area contributed by atoms with Gasteiger partial charge in [0.05, 0.1) is 5.69 Å². The lowest BCUT2D eigenvalue weighted by Crippen LogP contribution is -2.36. The van der Waals surface area contributed by atoms with Crippen LogP contribution in [0.5, 0.6) is 0 Å². The standard InChI is InChI=1S/C18H22N4O4/c1-17(2,3)26-16(24)22-9-6-13(20-22)14-11-12(5-8-19-14)18(25)7-10-21(4)15(18)23/h5-6,8-9,11,25H,7,10H2,1-4H3. The molecule has 0 radical (unpaired) electrons. The van der Waals surface area contributed by atoms with E-state index in [9.17, 15) is 14.7 Å². The van der Waals surface area contributed by atoms with Crippen molar-refractivity contribution in [2.75, 3.05) is 13.6 Å². The lowest BCUT2D eigenvalue weighted by atomic mass is 9.92. The molecule has 1 amide bonds. The smallest absolute Gasteiger partial charge is 0.435 e. The fraction of sp³-hybridized carbons (Fsp3) is 0.444. The van der Waals surface area contributed by atoms with E-state index in [0.717, 1.165) is 4.68 Å². The Hall–Kier alpha value is -2.74. The molecular formula is C18H22N4O4. The SMILES string of the molecule is CN1CCC(O)(c2ccnc(-c3ccn(C(=O)OC(C)(C)C)n3)c2)C1=O. The minimum Gasteiger partial charge on any atom is -0.442 e. The molecule has 1 atom stereocenters. The third kappa shape index (κ3) is 3.32. The molecule has 0 spiro atoms. The van der Waals surface area contributed by atoms with Crippen molar-refractivity contribution < 1.29 is 19.4 Å². The fourth-order valence-electron chi connectivity index (χ4n) is 2.82. The molecule has 3 heterocycles. The van der Waals surface area contributed by atoms with Gasteiger partial charge in [0.25, 0.3) is 5.91 Å². The van der Waals surface area contributed by atoms with Crippen LogP contribution in [0.15, 0.2) is 30.6 Å². The lowest BCUT2D eigenvalue weighted by molar-refractivity contribution is -0.143. The molecule has 0 bridgehead atoms. The number of pyridine rings is 1. The second-order valence-electron chi connectivity index (χ2n) is 7.39. The van der Waals surface area contributed by atoms with Gasteiger partial charge < -0.3 is 14.7 Å². The monoisotopic (exact) mass is 358 g/mol. The van der Waals surface area contributed by atoms with Gasteiger partial charge in [-0.15, -0.1) is 0 Å². The van der Waals surface area contributed by atoms with Crippen LogP contribution >= 0.6 is 0 Å². The minimum absolute atomic E-state index is 0.318. The largest absolute Gasteiger partial charge is 0.442 e. The van der Waals surface area contributed by atoms with Crippen molar-refractivity contribution in [3.8, 4) is 11.4 Å².